The summed E-state index contributed by atoms with van der Waals surface area (Å²) in [4.78, 5) is 53.7. The van der Waals surface area contributed by atoms with E-state index in [4.69, 9.17) is 10.5 Å². The van der Waals surface area contributed by atoms with Crippen molar-refractivity contribution in [2.24, 2.45) is 5.73 Å². The molecule has 0 radical (unpaired) electrons. The first kappa shape index (κ1) is 33.7. The number of rotatable bonds is 15. The van der Waals surface area contributed by atoms with Gasteiger partial charge in [-0.15, -0.1) is 0 Å². The Kier molecular flexibility index (Phi) is 13.8. The van der Waals surface area contributed by atoms with Gasteiger partial charge in [0.2, 0.25) is 17.7 Å². The molecule has 1 aromatic rings. The molecule has 5 N–H and O–H groups in total. The lowest BCUT2D eigenvalue weighted by molar-refractivity contribution is -0.143. The number of unbranched alkanes of at least 4 members (excludes halogenated alkanes) is 3. The molecule has 0 bridgehead atoms. The number of carbonyl (C=O) groups is 4. The summed E-state index contributed by atoms with van der Waals surface area (Å²) in [6.45, 7) is 13.0. The molecule has 3 atom stereocenters. The summed E-state index contributed by atoms with van der Waals surface area (Å²) in [7, 11) is 0. The van der Waals surface area contributed by atoms with Crippen molar-refractivity contribution >= 4 is 23.8 Å². The third-order valence-electron chi connectivity index (χ3n) is 6.14. The fourth-order valence-corrected chi connectivity index (χ4v) is 4.28. The molecule has 0 aliphatic heterocycles. The molecule has 0 fully saturated rings. The Morgan fingerprint density at radius 3 is 2.26 bits per heavy atom. The van der Waals surface area contributed by atoms with E-state index in [0.717, 1.165) is 32.1 Å². The lowest BCUT2D eigenvalue weighted by Gasteiger charge is -2.35. The molecule has 10 heteroatoms. The standard InChI is InChI=1S/C29H48N4O6/c1-8-10-11-12-16-33(27(37)22(18-24(30)35)32-28(38)39-29(5,6)7)25(26(36)31-20(4)13-9-2)21-14-15-23(34)19(3)17-21/h14-15,17,20,22,25,34H,8-13,16,18H2,1-7H3,(H2,30,35)(H,31,36)(H,32,38). The zero-order chi connectivity index (χ0) is 29.8. The van der Waals surface area contributed by atoms with Gasteiger partial charge in [0.05, 0.1) is 6.42 Å². The quantitative estimate of drug-likeness (QED) is 0.241. The Bertz CT molecular complexity index is 975. The van der Waals surface area contributed by atoms with E-state index in [0.29, 0.717) is 17.5 Å². The number of nitrogens with one attached hydrogen (secondary N) is 2. The minimum absolute atomic E-state index is 0.0660. The second-order valence-corrected chi connectivity index (χ2v) is 11.1. The number of amides is 4. The number of phenols is 1. The third kappa shape index (κ3) is 12.0. The molecule has 39 heavy (non-hydrogen) atoms. The number of hydrogen-bond acceptors (Lipinski definition) is 6. The predicted octanol–water partition coefficient (Wildman–Crippen LogP) is 4.22. The van der Waals surface area contributed by atoms with Gasteiger partial charge in [-0.2, -0.15) is 0 Å². The molecule has 0 spiro atoms. The second-order valence-electron chi connectivity index (χ2n) is 11.1. The fraction of sp³-hybridized carbons (Fsp3) is 0.655. The van der Waals surface area contributed by atoms with Gasteiger partial charge in [-0.25, -0.2) is 4.79 Å². The zero-order valence-electron chi connectivity index (χ0n) is 24.6. The highest BCUT2D eigenvalue weighted by atomic mass is 16.6. The Hall–Kier alpha value is -3.30. The summed E-state index contributed by atoms with van der Waals surface area (Å²) in [6.07, 6.45) is 3.66. The summed E-state index contributed by atoms with van der Waals surface area (Å²) < 4.78 is 5.31. The van der Waals surface area contributed by atoms with Crippen LogP contribution in [-0.4, -0.2) is 58.1 Å². The average Bonchev–Trinajstić information content (AvgIpc) is 2.80. The maximum Gasteiger partial charge on any atom is 0.408 e. The molecule has 1 rings (SSSR count). The number of aromatic hydroxyl groups is 1. The van der Waals surface area contributed by atoms with Crippen molar-refractivity contribution in [2.45, 2.75) is 117 Å². The number of nitrogens with zero attached hydrogens (tertiary/aromatic N) is 1. The Morgan fingerprint density at radius 1 is 1.05 bits per heavy atom. The molecule has 1 aromatic carbocycles. The minimum atomic E-state index is -1.33. The first-order chi connectivity index (χ1) is 18.2. The molecule has 4 amide bonds. The molecule has 0 saturated carbocycles. The molecule has 0 aliphatic carbocycles. The van der Waals surface area contributed by atoms with Crippen molar-refractivity contribution in [1.29, 1.82) is 0 Å². The second kappa shape index (κ2) is 16.0. The van der Waals surface area contributed by atoms with Crippen LogP contribution in [0.2, 0.25) is 0 Å². The summed E-state index contributed by atoms with van der Waals surface area (Å²) in [5.74, 6) is -1.73. The number of phenolic OH excluding ortho intramolecular Hbond substituents is 1. The van der Waals surface area contributed by atoms with Gasteiger partial charge in [-0.05, 0) is 70.7 Å². The van der Waals surface area contributed by atoms with Crippen LogP contribution in [0.15, 0.2) is 18.2 Å². The number of ether oxygens (including phenoxy) is 1. The molecular formula is C29H48N4O6. The molecule has 10 nitrogen and oxygen atoms in total. The van der Waals surface area contributed by atoms with Crippen LogP contribution in [0.25, 0.3) is 0 Å². The van der Waals surface area contributed by atoms with Crippen molar-refractivity contribution in [3.63, 3.8) is 0 Å². The van der Waals surface area contributed by atoms with Gasteiger partial charge in [0.15, 0.2) is 0 Å². The van der Waals surface area contributed by atoms with Crippen LogP contribution in [-0.2, 0) is 19.1 Å². The van der Waals surface area contributed by atoms with Gasteiger partial charge in [0.25, 0.3) is 0 Å². The number of nitrogens with two attached hydrogens (primary N) is 1. The van der Waals surface area contributed by atoms with Crippen molar-refractivity contribution < 1.29 is 29.0 Å². The van der Waals surface area contributed by atoms with Crippen LogP contribution in [0.5, 0.6) is 5.75 Å². The number of primary amides is 1. The maximum absolute atomic E-state index is 14.0. The van der Waals surface area contributed by atoms with E-state index >= 15 is 0 Å². The molecule has 0 aromatic heterocycles. The molecular weight excluding hydrogens is 500 g/mol. The van der Waals surface area contributed by atoms with Gasteiger partial charge >= 0.3 is 6.09 Å². The van der Waals surface area contributed by atoms with E-state index in [9.17, 15) is 24.3 Å². The van der Waals surface area contributed by atoms with E-state index in [1.54, 1.807) is 39.8 Å². The fourth-order valence-electron chi connectivity index (χ4n) is 4.28. The molecule has 3 unspecified atom stereocenters. The number of alkyl carbamates (subject to hydrolysis) is 1. The summed E-state index contributed by atoms with van der Waals surface area (Å²) in [6, 6.07) is 2.23. The zero-order valence-corrected chi connectivity index (χ0v) is 24.6. The highest BCUT2D eigenvalue weighted by molar-refractivity contribution is 5.94. The van der Waals surface area contributed by atoms with Crippen molar-refractivity contribution in [3.8, 4) is 5.75 Å². The topological polar surface area (TPSA) is 151 Å². The first-order valence-electron chi connectivity index (χ1n) is 13.9. The van der Waals surface area contributed by atoms with Gasteiger partial charge in [-0.1, -0.05) is 45.6 Å². The Balaban J connectivity index is 3.56. The normalized spacial score (nSPS) is 13.6. The number of hydrogen-bond donors (Lipinski definition) is 4. The summed E-state index contributed by atoms with van der Waals surface area (Å²) >= 11 is 0. The van der Waals surface area contributed by atoms with Crippen LogP contribution in [0.1, 0.15) is 104 Å². The van der Waals surface area contributed by atoms with E-state index in [2.05, 4.69) is 17.6 Å². The van der Waals surface area contributed by atoms with Crippen LogP contribution < -0.4 is 16.4 Å². The number of benzene rings is 1. The lowest BCUT2D eigenvalue weighted by atomic mass is 9.98. The van der Waals surface area contributed by atoms with E-state index in [1.165, 1.54) is 11.0 Å². The highest BCUT2D eigenvalue weighted by Gasteiger charge is 2.37. The largest absolute Gasteiger partial charge is 0.508 e. The lowest BCUT2D eigenvalue weighted by Crippen LogP contribution is -2.54. The van der Waals surface area contributed by atoms with Gasteiger partial charge in [0.1, 0.15) is 23.4 Å². The Labute approximate surface area is 233 Å². The number of aryl methyl sites for hydroxylation is 1. The Morgan fingerprint density at radius 2 is 1.72 bits per heavy atom. The molecule has 0 aliphatic rings. The maximum atomic E-state index is 14.0. The van der Waals surface area contributed by atoms with E-state index < -0.39 is 42.0 Å². The van der Waals surface area contributed by atoms with Crippen molar-refractivity contribution in [3.05, 3.63) is 29.3 Å². The smallest absolute Gasteiger partial charge is 0.408 e. The highest BCUT2D eigenvalue weighted by Crippen LogP contribution is 2.28. The van der Waals surface area contributed by atoms with Crippen LogP contribution >= 0.6 is 0 Å². The summed E-state index contributed by atoms with van der Waals surface area (Å²) in [5.41, 5.74) is 5.67. The van der Waals surface area contributed by atoms with Gasteiger partial charge < -0.3 is 31.1 Å². The van der Waals surface area contributed by atoms with Crippen molar-refractivity contribution in [1.82, 2.24) is 15.5 Å². The summed E-state index contributed by atoms with van der Waals surface area (Å²) in [5, 5.41) is 15.6. The molecule has 220 valence electrons. The first-order valence-corrected chi connectivity index (χ1v) is 13.9. The van der Waals surface area contributed by atoms with Crippen LogP contribution in [0, 0.1) is 6.92 Å². The predicted molar refractivity (Wildman–Crippen MR) is 151 cm³/mol. The molecule has 0 saturated heterocycles. The third-order valence-corrected chi connectivity index (χ3v) is 6.14. The van der Waals surface area contributed by atoms with Crippen molar-refractivity contribution in [2.75, 3.05) is 6.54 Å². The average molecular weight is 549 g/mol. The molecule has 0 heterocycles. The minimum Gasteiger partial charge on any atom is -0.508 e. The van der Waals surface area contributed by atoms with E-state index in [-0.39, 0.29) is 24.2 Å². The SMILES string of the molecule is CCCCCCN(C(=O)C(CC(N)=O)NC(=O)OC(C)(C)C)C(C(=O)NC(C)CCC)c1ccc(O)c(C)c1. The number of carbonyl (C=O) groups excluding carboxylic acids is 4. The monoisotopic (exact) mass is 548 g/mol. The van der Waals surface area contributed by atoms with E-state index in [1.807, 2.05) is 13.8 Å². The van der Waals surface area contributed by atoms with Crippen LogP contribution in [0.3, 0.4) is 0 Å². The van der Waals surface area contributed by atoms with Crippen LogP contribution in [0.4, 0.5) is 4.79 Å². The van der Waals surface area contributed by atoms with Gasteiger partial charge in [-0.3, -0.25) is 14.4 Å². The van der Waals surface area contributed by atoms with Gasteiger partial charge in [0, 0.05) is 12.6 Å².